The van der Waals surface area contributed by atoms with Crippen LogP contribution in [0.15, 0.2) is 12.4 Å². The molecule has 0 saturated heterocycles. The minimum atomic E-state index is -3.58. The van der Waals surface area contributed by atoms with E-state index in [1.807, 2.05) is 4.72 Å². The third kappa shape index (κ3) is 3.18. The van der Waals surface area contributed by atoms with Crippen molar-refractivity contribution in [1.29, 1.82) is 0 Å². The number of amides is 1. The molecule has 0 saturated carbocycles. The fourth-order valence-corrected chi connectivity index (χ4v) is 2.92. The van der Waals surface area contributed by atoms with E-state index in [4.69, 9.17) is 0 Å². The van der Waals surface area contributed by atoms with Crippen LogP contribution in [-0.2, 0) is 17.1 Å². The monoisotopic (exact) mass is 300 g/mol. The predicted octanol–water partition coefficient (Wildman–Crippen LogP) is 0.541. The van der Waals surface area contributed by atoms with E-state index in [0.717, 1.165) is 23.2 Å². The molecule has 0 aliphatic rings. The Labute approximate surface area is 114 Å². The number of nitrogens with zero attached hydrogens (tertiary/aromatic N) is 3. The number of nitrogens with one attached hydrogen (secondary N) is 1. The lowest BCUT2D eigenvalue weighted by Crippen LogP contribution is -2.29. The average Bonchev–Trinajstić information content (AvgIpc) is 2.82. The third-order valence-electron chi connectivity index (χ3n) is 2.23. The highest BCUT2D eigenvalue weighted by molar-refractivity contribution is 7.89. The van der Waals surface area contributed by atoms with Crippen LogP contribution in [-0.4, -0.2) is 35.3 Å². The van der Waals surface area contributed by atoms with E-state index < -0.39 is 15.9 Å². The lowest BCUT2D eigenvalue weighted by Gasteiger charge is -1.99. The van der Waals surface area contributed by atoms with Gasteiger partial charge in [-0.25, -0.2) is 18.1 Å². The third-order valence-corrected chi connectivity index (χ3v) is 3.99. The van der Waals surface area contributed by atoms with Crippen LogP contribution < -0.4 is 4.72 Å². The number of aromatic nitrogens is 3. The van der Waals surface area contributed by atoms with Crippen molar-refractivity contribution in [3.05, 3.63) is 23.0 Å². The van der Waals surface area contributed by atoms with Gasteiger partial charge in [0.05, 0.1) is 18.1 Å². The molecule has 19 heavy (non-hydrogen) atoms. The summed E-state index contributed by atoms with van der Waals surface area (Å²) in [5.74, 6) is -0.660. The van der Waals surface area contributed by atoms with Crippen LogP contribution in [0.1, 0.15) is 15.4 Å². The summed E-state index contributed by atoms with van der Waals surface area (Å²) >= 11 is 1.13. The Balaban J connectivity index is 2.34. The normalized spacial score (nSPS) is 11.5. The number of carbonyl (C=O) groups is 1. The molecule has 1 amide bonds. The molecule has 1 N–H and O–H groups in total. The lowest BCUT2D eigenvalue weighted by molar-refractivity contribution is 0.0985. The zero-order valence-electron chi connectivity index (χ0n) is 10.5. The Morgan fingerprint density at radius 1 is 1.47 bits per heavy atom. The fraction of sp³-hybridized carbons (Fsp3) is 0.300. The Bertz CT molecular complexity index is 730. The predicted molar refractivity (Wildman–Crippen MR) is 71.4 cm³/mol. The van der Waals surface area contributed by atoms with Crippen LogP contribution >= 0.6 is 11.3 Å². The number of hydrogen-bond donors (Lipinski definition) is 1. The summed E-state index contributed by atoms with van der Waals surface area (Å²) in [5.41, 5.74) is 1.28. The number of sulfonamides is 1. The van der Waals surface area contributed by atoms with Gasteiger partial charge in [0.15, 0.2) is 0 Å². The highest BCUT2D eigenvalue weighted by Crippen LogP contribution is 2.27. The van der Waals surface area contributed by atoms with Crippen molar-refractivity contribution < 1.29 is 13.2 Å². The van der Waals surface area contributed by atoms with Gasteiger partial charge < -0.3 is 0 Å². The molecule has 0 aliphatic heterocycles. The molecular weight excluding hydrogens is 288 g/mol. The van der Waals surface area contributed by atoms with Crippen LogP contribution in [0.5, 0.6) is 0 Å². The van der Waals surface area contributed by atoms with Crippen LogP contribution in [0.3, 0.4) is 0 Å². The first-order valence-electron chi connectivity index (χ1n) is 5.25. The Hall–Kier alpha value is -1.74. The molecule has 7 nitrogen and oxygen atoms in total. The zero-order valence-corrected chi connectivity index (χ0v) is 12.2. The molecule has 0 fully saturated rings. The van der Waals surface area contributed by atoms with Crippen molar-refractivity contribution in [2.24, 2.45) is 7.05 Å². The summed E-state index contributed by atoms with van der Waals surface area (Å²) in [4.78, 5) is 16.3. The highest BCUT2D eigenvalue weighted by Gasteiger charge is 2.19. The summed E-state index contributed by atoms with van der Waals surface area (Å²) < 4.78 is 25.6. The molecule has 0 radical (unpaired) electrons. The van der Waals surface area contributed by atoms with Gasteiger partial charge in [0.25, 0.3) is 5.91 Å². The van der Waals surface area contributed by atoms with Crippen LogP contribution in [0.25, 0.3) is 10.6 Å². The standard InChI is InChI=1S/C10H12N4O3S2/c1-6-8(9(15)13-19(3,16)17)18-10(12-6)7-4-11-14(2)5-7/h4-5H,1-3H3,(H,13,15). The molecule has 2 heterocycles. The smallest absolute Gasteiger partial charge is 0.275 e. The van der Waals surface area contributed by atoms with Crippen molar-refractivity contribution in [2.45, 2.75) is 6.92 Å². The first kappa shape index (κ1) is 13.7. The summed E-state index contributed by atoms with van der Waals surface area (Å²) in [5, 5.41) is 4.65. The van der Waals surface area contributed by atoms with E-state index in [-0.39, 0.29) is 4.88 Å². The van der Waals surface area contributed by atoms with Gasteiger partial charge in [-0.1, -0.05) is 0 Å². The van der Waals surface area contributed by atoms with Crippen molar-refractivity contribution in [1.82, 2.24) is 19.5 Å². The van der Waals surface area contributed by atoms with Gasteiger partial charge in [0.2, 0.25) is 10.0 Å². The van der Waals surface area contributed by atoms with Crippen LogP contribution in [0, 0.1) is 6.92 Å². The van der Waals surface area contributed by atoms with E-state index in [9.17, 15) is 13.2 Å². The molecule has 0 aliphatic carbocycles. The van der Waals surface area contributed by atoms with E-state index in [0.29, 0.717) is 10.7 Å². The minimum Gasteiger partial charge on any atom is -0.275 e. The number of hydrogen-bond acceptors (Lipinski definition) is 6. The van der Waals surface area contributed by atoms with Crippen LogP contribution in [0.2, 0.25) is 0 Å². The average molecular weight is 300 g/mol. The lowest BCUT2D eigenvalue weighted by atomic mass is 10.3. The largest absolute Gasteiger partial charge is 0.276 e. The van der Waals surface area contributed by atoms with Crippen molar-refractivity contribution in [3.63, 3.8) is 0 Å². The molecule has 0 unspecified atom stereocenters. The van der Waals surface area contributed by atoms with E-state index in [2.05, 4.69) is 10.1 Å². The molecule has 0 aromatic carbocycles. The zero-order chi connectivity index (χ0) is 14.2. The Morgan fingerprint density at radius 2 is 2.16 bits per heavy atom. The van der Waals surface area contributed by atoms with E-state index in [1.165, 1.54) is 0 Å². The van der Waals surface area contributed by atoms with Crippen molar-refractivity contribution in [3.8, 4) is 10.6 Å². The molecule has 0 bridgehead atoms. The molecule has 0 spiro atoms. The second-order valence-corrected chi connectivity index (χ2v) is 6.79. The SMILES string of the molecule is Cc1nc(-c2cnn(C)c2)sc1C(=O)NS(C)(=O)=O. The Kier molecular flexibility index (Phi) is 3.42. The molecular formula is C10H12N4O3S2. The summed E-state index contributed by atoms with van der Waals surface area (Å²) in [6.07, 6.45) is 4.34. The Morgan fingerprint density at radius 3 is 2.68 bits per heavy atom. The van der Waals surface area contributed by atoms with Crippen LogP contribution in [0.4, 0.5) is 0 Å². The molecule has 2 rings (SSSR count). The first-order chi connectivity index (χ1) is 8.76. The first-order valence-corrected chi connectivity index (χ1v) is 7.95. The second-order valence-electron chi connectivity index (χ2n) is 4.04. The van der Waals surface area contributed by atoms with Gasteiger partial charge in [0.1, 0.15) is 9.88 Å². The number of rotatable bonds is 3. The van der Waals surface area contributed by atoms with Gasteiger partial charge in [-0.2, -0.15) is 5.10 Å². The van der Waals surface area contributed by atoms with Crippen molar-refractivity contribution in [2.75, 3.05) is 6.26 Å². The maximum Gasteiger partial charge on any atom is 0.276 e. The topological polar surface area (TPSA) is 93.9 Å². The highest BCUT2D eigenvalue weighted by atomic mass is 32.2. The molecule has 102 valence electrons. The quantitative estimate of drug-likeness (QED) is 0.893. The van der Waals surface area contributed by atoms with Gasteiger partial charge in [-0.15, -0.1) is 11.3 Å². The summed E-state index contributed by atoms with van der Waals surface area (Å²) in [6.45, 7) is 1.66. The number of thiazole rings is 1. The van der Waals surface area contributed by atoms with Gasteiger partial charge in [-0.3, -0.25) is 9.48 Å². The van der Waals surface area contributed by atoms with Gasteiger partial charge >= 0.3 is 0 Å². The van der Waals surface area contributed by atoms with E-state index in [1.54, 1.807) is 31.0 Å². The molecule has 2 aromatic rings. The fourth-order valence-electron chi connectivity index (χ4n) is 1.48. The maximum absolute atomic E-state index is 11.8. The maximum atomic E-state index is 11.8. The number of aryl methyl sites for hydroxylation is 2. The molecule has 2 aromatic heterocycles. The molecule has 9 heteroatoms. The summed E-state index contributed by atoms with van der Waals surface area (Å²) in [7, 11) is -1.80. The van der Waals surface area contributed by atoms with Gasteiger partial charge in [0, 0.05) is 18.8 Å². The molecule has 0 atom stereocenters. The summed E-state index contributed by atoms with van der Waals surface area (Å²) in [6, 6.07) is 0. The number of carbonyl (C=O) groups excluding carboxylic acids is 1. The van der Waals surface area contributed by atoms with E-state index >= 15 is 0 Å². The van der Waals surface area contributed by atoms with Gasteiger partial charge in [-0.05, 0) is 6.92 Å². The second kappa shape index (κ2) is 4.74. The minimum absolute atomic E-state index is 0.282. The van der Waals surface area contributed by atoms with Crippen molar-refractivity contribution >= 4 is 27.3 Å².